The lowest BCUT2D eigenvalue weighted by Gasteiger charge is -2.33. The molecule has 0 amide bonds. The molecule has 1 aliphatic rings. The second kappa shape index (κ2) is 6.06. The van der Waals surface area contributed by atoms with Crippen LogP contribution in [-0.2, 0) is 6.54 Å². The molecule has 3 rings (SSSR count). The van der Waals surface area contributed by atoms with Crippen LogP contribution in [0.5, 0.6) is 0 Å². The van der Waals surface area contributed by atoms with Gasteiger partial charge in [-0.2, -0.15) is 5.10 Å². The van der Waals surface area contributed by atoms with Gasteiger partial charge in [0.15, 0.2) is 0 Å². The second-order valence-corrected chi connectivity index (χ2v) is 6.74. The molecular weight excluding hydrogens is 260 g/mol. The Kier molecular flexibility index (Phi) is 4.15. The van der Waals surface area contributed by atoms with Gasteiger partial charge in [-0.25, -0.2) is 0 Å². The lowest BCUT2D eigenvalue weighted by molar-refractivity contribution is 0.157. The largest absolute Gasteiger partial charge is 0.398 e. The first-order chi connectivity index (χ1) is 10.1. The van der Waals surface area contributed by atoms with Gasteiger partial charge in [0.05, 0.1) is 11.7 Å². The zero-order valence-electron chi connectivity index (χ0n) is 13.1. The molecule has 0 atom stereocenters. The Labute approximate surface area is 126 Å². The molecule has 2 N–H and O–H groups in total. The number of nitrogens with two attached hydrogens (primary N) is 1. The highest BCUT2D eigenvalue weighted by atomic mass is 15.3. The van der Waals surface area contributed by atoms with Gasteiger partial charge >= 0.3 is 0 Å². The summed E-state index contributed by atoms with van der Waals surface area (Å²) >= 11 is 0. The van der Waals surface area contributed by atoms with E-state index < -0.39 is 0 Å². The van der Waals surface area contributed by atoms with E-state index in [1.165, 1.54) is 38.0 Å². The van der Waals surface area contributed by atoms with E-state index in [0.717, 1.165) is 29.5 Å². The summed E-state index contributed by atoms with van der Waals surface area (Å²) in [5.41, 5.74) is 8.00. The van der Waals surface area contributed by atoms with Crippen LogP contribution in [0.15, 0.2) is 24.4 Å². The molecule has 1 fully saturated rings. The van der Waals surface area contributed by atoms with Gasteiger partial charge in [-0.3, -0.25) is 4.68 Å². The molecule has 21 heavy (non-hydrogen) atoms. The third-order valence-electron chi connectivity index (χ3n) is 4.48. The average Bonchev–Trinajstić information content (AvgIpc) is 2.85. The molecule has 0 spiro atoms. The van der Waals surface area contributed by atoms with Crippen molar-refractivity contribution in [3.8, 4) is 0 Å². The van der Waals surface area contributed by atoms with Crippen molar-refractivity contribution in [3.05, 3.63) is 24.4 Å². The Morgan fingerprint density at radius 2 is 2.05 bits per heavy atom. The van der Waals surface area contributed by atoms with Crippen LogP contribution in [0, 0.1) is 11.8 Å². The third kappa shape index (κ3) is 3.21. The Bertz CT molecular complexity index is 594. The van der Waals surface area contributed by atoms with E-state index in [9.17, 15) is 0 Å². The lowest BCUT2D eigenvalue weighted by Crippen LogP contribution is -2.37. The Balaban J connectivity index is 1.63. The van der Waals surface area contributed by atoms with Crippen molar-refractivity contribution in [1.29, 1.82) is 0 Å². The predicted molar refractivity (Wildman–Crippen MR) is 88.1 cm³/mol. The normalized spacial score (nSPS) is 17.9. The standard InChI is InChI=1S/C17H26N4/c1-13(2)11-20-8-6-14(7-9-20)12-21-17-5-3-4-16(18)15(17)10-19-21/h3-5,10,13-14H,6-9,11-12,18H2,1-2H3. The van der Waals surface area contributed by atoms with Gasteiger partial charge in [0, 0.05) is 24.2 Å². The van der Waals surface area contributed by atoms with Crippen LogP contribution < -0.4 is 5.73 Å². The van der Waals surface area contributed by atoms with Gasteiger partial charge in [0.2, 0.25) is 0 Å². The summed E-state index contributed by atoms with van der Waals surface area (Å²) in [6.45, 7) is 9.30. The molecule has 2 aromatic rings. The minimum atomic E-state index is 0.734. The topological polar surface area (TPSA) is 47.1 Å². The summed E-state index contributed by atoms with van der Waals surface area (Å²) in [6, 6.07) is 6.08. The van der Waals surface area contributed by atoms with E-state index >= 15 is 0 Å². The van der Waals surface area contributed by atoms with Gasteiger partial charge in [0.1, 0.15) is 0 Å². The molecule has 1 saturated heterocycles. The Morgan fingerprint density at radius 3 is 2.76 bits per heavy atom. The van der Waals surface area contributed by atoms with E-state index in [1.807, 2.05) is 18.3 Å². The van der Waals surface area contributed by atoms with Crippen molar-refractivity contribution in [2.75, 3.05) is 25.4 Å². The fourth-order valence-electron chi connectivity index (χ4n) is 3.38. The number of aromatic nitrogens is 2. The maximum Gasteiger partial charge on any atom is 0.0703 e. The highest BCUT2D eigenvalue weighted by Crippen LogP contribution is 2.24. The molecule has 1 aromatic carbocycles. The summed E-state index contributed by atoms with van der Waals surface area (Å²) in [4.78, 5) is 2.60. The molecular formula is C17H26N4. The smallest absolute Gasteiger partial charge is 0.0703 e. The van der Waals surface area contributed by atoms with Crippen molar-refractivity contribution in [2.24, 2.45) is 11.8 Å². The summed E-state index contributed by atoms with van der Waals surface area (Å²) in [5.74, 6) is 1.50. The van der Waals surface area contributed by atoms with Crippen molar-refractivity contribution in [2.45, 2.75) is 33.2 Å². The number of likely N-dealkylation sites (tertiary alicyclic amines) is 1. The van der Waals surface area contributed by atoms with E-state index in [1.54, 1.807) is 0 Å². The molecule has 2 heterocycles. The molecule has 114 valence electrons. The van der Waals surface area contributed by atoms with Gasteiger partial charge in [-0.05, 0) is 49.9 Å². The summed E-state index contributed by atoms with van der Waals surface area (Å²) in [5, 5.41) is 5.62. The lowest BCUT2D eigenvalue weighted by atomic mass is 9.96. The zero-order chi connectivity index (χ0) is 14.8. The van der Waals surface area contributed by atoms with Crippen LogP contribution in [0.2, 0.25) is 0 Å². The molecule has 4 heteroatoms. The molecule has 0 radical (unpaired) electrons. The number of nitrogens with zero attached hydrogens (tertiary/aromatic N) is 3. The molecule has 0 unspecified atom stereocenters. The van der Waals surface area contributed by atoms with Crippen molar-refractivity contribution in [3.63, 3.8) is 0 Å². The maximum absolute atomic E-state index is 6.01. The summed E-state index contributed by atoms with van der Waals surface area (Å²) < 4.78 is 2.13. The highest BCUT2D eigenvalue weighted by molar-refractivity contribution is 5.90. The van der Waals surface area contributed by atoms with Crippen LogP contribution in [-0.4, -0.2) is 34.3 Å². The van der Waals surface area contributed by atoms with Crippen LogP contribution in [0.25, 0.3) is 10.9 Å². The van der Waals surface area contributed by atoms with Crippen molar-refractivity contribution < 1.29 is 0 Å². The number of hydrogen-bond acceptors (Lipinski definition) is 3. The number of benzene rings is 1. The number of piperidine rings is 1. The average molecular weight is 286 g/mol. The first kappa shape index (κ1) is 14.4. The zero-order valence-corrected chi connectivity index (χ0v) is 13.1. The van der Waals surface area contributed by atoms with E-state index in [0.29, 0.717) is 0 Å². The molecule has 4 nitrogen and oxygen atoms in total. The Hall–Kier alpha value is -1.55. The third-order valence-corrected chi connectivity index (χ3v) is 4.48. The monoisotopic (exact) mass is 286 g/mol. The van der Waals surface area contributed by atoms with Gasteiger partial charge in [-0.1, -0.05) is 19.9 Å². The van der Waals surface area contributed by atoms with Crippen molar-refractivity contribution >= 4 is 16.6 Å². The van der Waals surface area contributed by atoms with E-state index in [-0.39, 0.29) is 0 Å². The van der Waals surface area contributed by atoms with Crippen LogP contribution in [0.1, 0.15) is 26.7 Å². The van der Waals surface area contributed by atoms with Gasteiger partial charge in [0.25, 0.3) is 0 Å². The first-order valence-corrected chi connectivity index (χ1v) is 8.06. The van der Waals surface area contributed by atoms with Crippen LogP contribution in [0.3, 0.4) is 0 Å². The highest BCUT2D eigenvalue weighted by Gasteiger charge is 2.20. The number of hydrogen-bond donors (Lipinski definition) is 1. The molecule has 0 aliphatic carbocycles. The fraction of sp³-hybridized carbons (Fsp3) is 0.588. The minimum absolute atomic E-state index is 0.734. The number of fused-ring (bicyclic) bond motifs is 1. The fourth-order valence-corrected chi connectivity index (χ4v) is 3.38. The number of anilines is 1. The minimum Gasteiger partial charge on any atom is -0.398 e. The quantitative estimate of drug-likeness (QED) is 0.879. The van der Waals surface area contributed by atoms with Gasteiger partial charge < -0.3 is 10.6 Å². The second-order valence-electron chi connectivity index (χ2n) is 6.74. The van der Waals surface area contributed by atoms with Crippen LogP contribution >= 0.6 is 0 Å². The first-order valence-electron chi connectivity index (χ1n) is 8.06. The van der Waals surface area contributed by atoms with Gasteiger partial charge in [-0.15, -0.1) is 0 Å². The number of rotatable bonds is 4. The Morgan fingerprint density at radius 1 is 1.29 bits per heavy atom. The molecule has 1 aromatic heterocycles. The summed E-state index contributed by atoms with van der Waals surface area (Å²) in [6.07, 6.45) is 4.45. The number of nitrogen functional groups attached to an aromatic ring is 1. The van der Waals surface area contributed by atoms with Crippen molar-refractivity contribution in [1.82, 2.24) is 14.7 Å². The molecule has 0 bridgehead atoms. The molecule has 0 saturated carbocycles. The van der Waals surface area contributed by atoms with Crippen LogP contribution in [0.4, 0.5) is 5.69 Å². The summed E-state index contributed by atoms with van der Waals surface area (Å²) in [7, 11) is 0. The SMILES string of the molecule is CC(C)CN1CCC(Cn2ncc3c(N)cccc32)CC1. The molecule has 1 aliphatic heterocycles. The maximum atomic E-state index is 6.01. The van der Waals surface area contributed by atoms with E-state index in [2.05, 4.69) is 34.6 Å². The predicted octanol–water partition coefficient (Wildman–Crippen LogP) is 2.99. The van der Waals surface area contributed by atoms with E-state index in [4.69, 9.17) is 5.73 Å².